The lowest BCUT2D eigenvalue weighted by Gasteiger charge is -2.07. The summed E-state index contributed by atoms with van der Waals surface area (Å²) in [5, 5.41) is 19.3. The molecule has 0 saturated heterocycles. The number of halogens is 1. The molecule has 0 amide bonds. The summed E-state index contributed by atoms with van der Waals surface area (Å²) in [6.07, 6.45) is 0. The van der Waals surface area contributed by atoms with E-state index in [2.05, 4.69) is 10.5 Å². The van der Waals surface area contributed by atoms with Crippen molar-refractivity contribution < 1.29 is 4.39 Å². The van der Waals surface area contributed by atoms with Gasteiger partial charge in [-0.1, -0.05) is 6.07 Å². The summed E-state index contributed by atoms with van der Waals surface area (Å²) in [4.78, 5) is 0. The number of nitrogens with zero attached hydrogens (tertiary/aromatic N) is 2. The fourth-order valence-electron chi connectivity index (χ4n) is 1.20. The number of benzene rings is 1. The monoisotopic (exact) mass is 233 g/mol. The van der Waals surface area contributed by atoms with Gasteiger partial charge in [0.2, 0.25) is 5.71 Å². The molecular formula is C11H12FN5. The summed E-state index contributed by atoms with van der Waals surface area (Å²) in [6, 6.07) is 4.90. The van der Waals surface area contributed by atoms with E-state index in [1.165, 1.54) is 0 Å². The molecule has 0 aromatic heterocycles. The SMILES string of the molecule is Cc1ccc(N/N=C(\C#N)C(=N)N)c(C)c1F. The average Bonchev–Trinajstić information content (AvgIpc) is 2.29. The van der Waals surface area contributed by atoms with Gasteiger partial charge in [0.15, 0.2) is 5.84 Å². The second-order valence-corrected chi connectivity index (χ2v) is 3.47. The van der Waals surface area contributed by atoms with E-state index < -0.39 is 5.84 Å². The van der Waals surface area contributed by atoms with Crippen LogP contribution in [-0.2, 0) is 0 Å². The van der Waals surface area contributed by atoms with Crippen molar-refractivity contribution in [2.75, 3.05) is 5.43 Å². The number of anilines is 1. The number of rotatable bonds is 3. The zero-order valence-corrected chi connectivity index (χ0v) is 9.50. The van der Waals surface area contributed by atoms with Gasteiger partial charge in [-0.15, -0.1) is 0 Å². The van der Waals surface area contributed by atoms with Crippen molar-refractivity contribution >= 4 is 17.2 Å². The molecule has 0 spiro atoms. The van der Waals surface area contributed by atoms with Crippen molar-refractivity contribution in [3.8, 4) is 6.07 Å². The van der Waals surface area contributed by atoms with Crippen molar-refractivity contribution in [2.45, 2.75) is 13.8 Å². The molecule has 0 bridgehead atoms. The molecule has 0 aliphatic rings. The lowest BCUT2D eigenvalue weighted by Crippen LogP contribution is -2.22. The number of hydrogen-bond acceptors (Lipinski definition) is 4. The Morgan fingerprint density at radius 2 is 2.18 bits per heavy atom. The molecule has 1 rings (SSSR count). The Kier molecular flexibility index (Phi) is 3.78. The number of nitrogens with one attached hydrogen (secondary N) is 2. The first kappa shape index (κ1) is 12.6. The highest BCUT2D eigenvalue weighted by Crippen LogP contribution is 2.20. The summed E-state index contributed by atoms with van der Waals surface area (Å²) in [5.41, 5.74) is 8.75. The van der Waals surface area contributed by atoms with Crippen LogP contribution in [0.3, 0.4) is 0 Å². The van der Waals surface area contributed by atoms with Crippen molar-refractivity contribution in [1.82, 2.24) is 0 Å². The summed E-state index contributed by atoms with van der Waals surface area (Å²) < 4.78 is 13.5. The molecule has 0 unspecified atom stereocenters. The van der Waals surface area contributed by atoms with E-state index >= 15 is 0 Å². The molecule has 6 heteroatoms. The molecule has 0 aliphatic carbocycles. The Morgan fingerprint density at radius 1 is 1.53 bits per heavy atom. The standard InChI is InChI=1S/C11H12FN5/c1-6-3-4-8(7(2)10(6)12)16-17-9(5-13)11(14)15/h3-4,16H,1-2H3,(H3,14,15)/b17-9+. The molecule has 0 saturated carbocycles. The molecule has 1 aromatic carbocycles. The van der Waals surface area contributed by atoms with Crippen LogP contribution in [0.4, 0.5) is 10.1 Å². The fourth-order valence-corrected chi connectivity index (χ4v) is 1.20. The predicted molar refractivity (Wildman–Crippen MR) is 64.5 cm³/mol. The van der Waals surface area contributed by atoms with E-state index in [9.17, 15) is 4.39 Å². The van der Waals surface area contributed by atoms with Crippen LogP contribution in [0, 0.1) is 36.4 Å². The number of hydrazone groups is 1. The molecule has 88 valence electrons. The van der Waals surface area contributed by atoms with Gasteiger partial charge < -0.3 is 5.73 Å². The minimum atomic E-state index is -0.440. The number of hydrogen-bond donors (Lipinski definition) is 3. The van der Waals surface area contributed by atoms with Crippen LogP contribution in [0.1, 0.15) is 11.1 Å². The summed E-state index contributed by atoms with van der Waals surface area (Å²) in [5.74, 6) is -0.767. The van der Waals surface area contributed by atoms with E-state index in [4.69, 9.17) is 16.4 Å². The Labute approximate surface area is 98.3 Å². The van der Waals surface area contributed by atoms with Crippen LogP contribution < -0.4 is 11.2 Å². The molecule has 0 aliphatic heterocycles. The maximum Gasteiger partial charge on any atom is 0.201 e. The van der Waals surface area contributed by atoms with Gasteiger partial charge in [0.25, 0.3) is 0 Å². The molecule has 5 nitrogen and oxygen atoms in total. The van der Waals surface area contributed by atoms with Gasteiger partial charge in [0.05, 0.1) is 5.69 Å². The number of amidine groups is 1. The topological polar surface area (TPSA) is 98.0 Å². The molecule has 0 radical (unpaired) electrons. The highest BCUT2D eigenvalue weighted by molar-refractivity contribution is 6.45. The van der Waals surface area contributed by atoms with Crippen LogP contribution in [0.15, 0.2) is 17.2 Å². The van der Waals surface area contributed by atoms with Crippen LogP contribution in [-0.4, -0.2) is 11.5 Å². The van der Waals surface area contributed by atoms with Gasteiger partial charge in [0.1, 0.15) is 11.9 Å². The first-order valence-electron chi connectivity index (χ1n) is 4.81. The average molecular weight is 233 g/mol. The maximum absolute atomic E-state index is 13.5. The van der Waals surface area contributed by atoms with Gasteiger partial charge in [0, 0.05) is 5.56 Å². The highest BCUT2D eigenvalue weighted by atomic mass is 19.1. The Hall–Kier alpha value is -2.42. The van der Waals surface area contributed by atoms with Gasteiger partial charge >= 0.3 is 0 Å². The van der Waals surface area contributed by atoms with Gasteiger partial charge in [-0.3, -0.25) is 10.8 Å². The van der Waals surface area contributed by atoms with Gasteiger partial charge in [-0.2, -0.15) is 10.4 Å². The predicted octanol–water partition coefficient (Wildman–Crippen LogP) is 1.67. The van der Waals surface area contributed by atoms with Gasteiger partial charge in [-0.05, 0) is 25.5 Å². The lowest BCUT2D eigenvalue weighted by atomic mass is 10.1. The molecular weight excluding hydrogens is 221 g/mol. The zero-order valence-electron chi connectivity index (χ0n) is 9.50. The van der Waals surface area contributed by atoms with E-state index in [1.54, 1.807) is 32.0 Å². The first-order chi connectivity index (χ1) is 7.97. The second kappa shape index (κ2) is 5.07. The molecule has 1 aromatic rings. The smallest absolute Gasteiger partial charge is 0.201 e. The third-order valence-corrected chi connectivity index (χ3v) is 2.23. The lowest BCUT2D eigenvalue weighted by molar-refractivity contribution is 0.610. The molecule has 0 fully saturated rings. The van der Waals surface area contributed by atoms with Crippen LogP contribution in [0.5, 0.6) is 0 Å². The van der Waals surface area contributed by atoms with Crippen molar-refractivity contribution in [1.29, 1.82) is 10.7 Å². The zero-order chi connectivity index (χ0) is 13.0. The third kappa shape index (κ3) is 2.78. The van der Waals surface area contributed by atoms with Crippen LogP contribution >= 0.6 is 0 Å². The summed E-state index contributed by atoms with van der Waals surface area (Å²) in [6.45, 7) is 3.26. The number of aryl methyl sites for hydroxylation is 1. The fraction of sp³-hybridized carbons (Fsp3) is 0.182. The quantitative estimate of drug-likeness (QED) is 0.420. The van der Waals surface area contributed by atoms with E-state index in [0.717, 1.165) is 0 Å². The molecule has 0 heterocycles. The van der Waals surface area contributed by atoms with Crippen molar-refractivity contribution in [3.63, 3.8) is 0 Å². The normalized spacial score (nSPS) is 10.8. The van der Waals surface area contributed by atoms with Crippen molar-refractivity contribution in [3.05, 3.63) is 29.1 Å². The molecule has 4 N–H and O–H groups in total. The Morgan fingerprint density at radius 3 is 2.71 bits per heavy atom. The van der Waals surface area contributed by atoms with Crippen LogP contribution in [0.25, 0.3) is 0 Å². The highest BCUT2D eigenvalue weighted by Gasteiger charge is 2.07. The Bertz CT molecular complexity index is 527. The summed E-state index contributed by atoms with van der Waals surface area (Å²) in [7, 11) is 0. The molecule has 0 atom stereocenters. The van der Waals surface area contributed by atoms with Gasteiger partial charge in [-0.25, -0.2) is 4.39 Å². The summed E-state index contributed by atoms with van der Waals surface area (Å²) >= 11 is 0. The van der Waals surface area contributed by atoms with E-state index in [-0.39, 0.29) is 11.5 Å². The largest absolute Gasteiger partial charge is 0.382 e. The van der Waals surface area contributed by atoms with Crippen molar-refractivity contribution in [2.24, 2.45) is 10.8 Å². The Balaban J connectivity index is 3.02. The molecule has 17 heavy (non-hydrogen) atoms. The van der Waals surface area contributed by atoms with E-state index in [0.29, 0.717) is 16.8 Å². The number of nitrogens with two attached hydrogens (primary N) is 1. The third-order valence-electron chi connectivity index (χ3n) is 2.23. The number of nitriles is 1. The first-order valence-corrected chi connectivity index (χ1v) is 4.81. The minimum Gasteiger partial charge on any atom is -0.382 e. The maximum atomic E-state index is 13.5. The van der Waals surface area contributed by atoms with E-state index in [1.807, 2.05) is 0 Å². The van der Waals surface area contributed by atoms with Crippen LogP contribution in [0.2, 0.25) is 0 Å². The minimum absolute atomic E-state index is 0.245. The second-order valence-electron chi connectivity index (χ2n) is 3.47.